The summed E-state index contributed by atoms with van der Waals surface area (Å²) in [7, 11) is 0. The van der Waals surface area contributed by atoms with Gasteiger partial charge in [-0.1, -0.05) is 72.8 Å². The first kappa shape index (κ1) is 24.5. The van der Waals surface area contributed by atoms with Crippen LogP contribution in [0, 0.1) is 0 Å². The van der Waals surface area contributed by atoms with E-state index in [1.54, 1.807) is 0 Å². The van der Waals surface area contributed by atoms with Crippen molar-refractivity contribution in [2.75, 3.05) is 0 Å². The molecule has 0 fully saturated rings. The van der Waals surface area contributed by atoms with Gasteiger partial charge in [0.25, 0.3) is 0 Å². The maximum atomic E-state index is 6.33. The van der Waals surface area contributed by atoms with Gasteiger partial charge < -0.3 is 13.6 Å². The van der Waals surface area contributed by atoms with E-state index in [4.69, 9.17) is 4.42 Å². The second kappa shape index (κ2) is 8.87. The van der Waals surface area contributed by atoms with Gasteiger partial charge in [-0.25, -0.2) is 0 Å². The lowest BCUT2D eigenvalue weighted by Gasteiger charge is -2.10. The van der Waals surface area contributed by atoms with Crippen molar-refractivity contribution in [3.8, 4) is 11.4 Å². The minimum absolute atomic E-state index is 0.902. The molecule has 0 spiro atoms. The van der Waals surface area contributed by atoms with Gasteiger partial charge in [0.15, 0.2) is 0 Å². The minimum atomic E-state index is 0.902. The van der Waals surface area contributed by atoms with Crippen LogP contribution in [0.15, 0.2) is 150 Å². The molecule has 46 heavy (non-hydrogen) atoms. The van der Waals surface area contributed by atoms with E-state index in [1.165, 1.54) is 69.5 Å². The molecular formula is C42H24N2OS. The van der Waals surface area contributed by atoms with Crippen molar-refractivity contribution in [2.45, 2.75) is 0 Å². The van der Waals surface area contributed by atoms with Crippen LogP contribution in [0.4, 0.5) is 0 Å². The van der Waals surface area contributed by atoms with Gasteiger partial charge in [0.2, 0.25) is 0 Å². The lowest BCUT2D eigenvalue weighted by atomic mass is 10.1. The Labute approximate surface area is 266 Å². The lowest BCUT2D eigenvalue weighted by Crippen LogP contribution is -1.94. The number of rotatable bonds is 2. The lowest BCUT2D eigenvalue weighted by molar-refractivity contribution is 0.668. The van der Waals surface area contributed by atoms with Crippen LogP contribution in [0.2, 0.25) is 0 Å². The first-order valence-corrected chi connectivity index (χ1v) is 16.4. The molecule has 3 nitrogen and oxygen atoms in total. The molecule has 0 aliphatic heterocycles. The summed E-state index contributed by atoms with van der Waals surface area (Å²) in [5.74, 6) is 0. The van der Waals surface area contributed by atoms with Crippen LogP contribution in [-0.4, -0.2) is 9.13 Å². The van der Waals surface area contributed by atoms with E-state index < -0.39 is 0 Å². The van der Waals surface area contributed by atoms with Crippen molar-refractivity contribution in [3.05, 3.63) is 146 Å². The Morgan fingerprint density at radius 1 is 0.370 bits per heavy atom. The van der Waals surface area contributed by atoms with Crippen LogP contribution in [0.25, 0.3) is 97.1 Å². The molecule has 0 aliphatic carbocycles. The molecule has 0 bridgehead atoms. The molecular weight excluding hydrogens is 581 g/mol. The van der Waals surface area contributed by atoms with Gasteiger partial charge in [0, 0.05) is 69.9 Å². The number of nitrogens with zero attached hydrogens (tertiary/aromatic N) is 2. The Balaban J connectivity index is 1.24. The molecule has 0 unspecified atom stereocenters. The summed E-state index contributed by atoms with van der Waals surface area (Å²) in [5, 5.41) is 9.97. The SMILES string of the molecule is c1ccc2c(c1)oc1cc(-n3c4ccccc4c4c5c6ccccc6n(-c6ccc7sc8ccccc8c7c6)c5ccc43)ccc12. The van der Waals surface area contributed by atoms with Crippen LogP contribution in [0.1, 0.15) is 0 Å². The zero-order chi connectivity index (χ0) is 29.9. The van der Waals surface area contributed by atoms with Gasteiger partial charge in [0.05, 0.1) is 22.1 Å². The second-order valence-corrected chi connectivity index (χ2v) is 13.2. The van der Waals surface area contributed by atoms with E-state index >= 15 is 0 Å². The largest absolute Gasteiger partial charge is 0.456 e. The van der Waals surface area contributed by atoms with Crippen molar-refractivity contribution < 1.29 is 4.42 Å². The van der Waals surface area contributed by atoms with Crippen LogP contribution >= 0.6 is 11.3 Å². The summed E-state index contributed by atoms with van der Waals surface area (Å²) in [6.07, 6.45) is 0. The highest BCUT2D eigenvalue weighted by Gasteiger charge is 2.21. The highest BCUT2D eigenvalue weighted by Crippen LogP contribution is 2.44. The highest BCUT2D eigenvalue weighted by molar-refractivity contribution is 7.25. The Morgan fingerprint density at radius 2 is 0.913 bits per heavy atom. The molecule has 7 aromatic carbocycles. The van der Waals surface area contributed by atoms with E-state index in [0.717, 1.165) is 27.6 Å². The number of thiophene rings is 1. The van der Waals surface area contributed by atoms with E-state index in [9.17, 15) is 0 Å². The normalized spacial score (nSPS) is 12.3. The number of benzene rings is 7. The number of fused-ring (bicyclic) bond motifs is 13. The molecule has 4 heteroatoms. The van der Waals surface area contributed by atoms with Gasteiger partial charge in [-0.05, 0) is 66.7 Å². The number of hydrogen-bond donors (Lipinski definition) is 0. The van der Waals surface area contributed by atoms with Crippen LogP contribution < -0.4 is 0 Å². The van der Waals surface area contributed by atoms with Crippen LogP contribution in [0.5, 0.6) is 0 Å². The summed E-state index contributed by atoms with van der Waals surface area (Å²) in [5.41, 5.74) is 8.89. The number of aromatic nitrogens is 2. The predicted molar refractivity (Wildman–Crippen MR) is 195 cm³/mol. The fourth-order valence-electron chi connectivity index (χ4n) is 7.78. The summed E-state index contributed by atoms with van der Waals surface area (Å²) in [6.45, 7) is 0. The maximum Gasteiger partial charge on any atom is 0.137 e. The fraction of sp³-hybridized carbons (Fsp3) is 0. The van der Waals surface area contributed by atoms with Crippen LogP contribution in [0.3, 0.4) is 0 Å². The molecule has 0 aliphatic rings. The maximum absolute atomic E-state index is 6.33. The molecule has 0 atom stereocenters. The molecule has 0 amide bonds. The second-order valence-electron chi connectivity index (χ2n) is 12.1. The standard InChI is InChI=1S/C42H24N2OS/c1-5-13-33-30(11-1)41-35(43(33)25-18-22-40-32(23-25)29-10-4-8-16-39(29)46-40)20-21-36-42(41)31-12-2-6-14-34(31)44(36)26-17-19-28-27-9-3-7-15-37(27)45-38(28)24-26/h1-24H. The Kier molecular flexibility index (Phi) is 4.72. The molecule has 214 valence electrons. The zero-order valence-electron chi connectivity index (χ0n) is 24.6. The first-order chi connectivity index (χ1) is 22.8. The van der Waals surface area contributed by atoms with Gasteiger partial charge in [-0.15, -0.1) is 11.3 Å². The Bertz CT molecular complexity index is 3040. The predicted octanol–water partition coefficient (Wildman–Crippen LogP) is 12.1. The molecule has 4 aromatic heterocycles. The molecule has 0 radical (unpaired) electrons. The topological polar surface area (TPSA) is 23.0 Å². The van der Waals surface area contributed by atoms with Gasteiger partial charge >= 0.3 is 0 Å². The molecule has 11 rings (SSSR count). The average Bonchev–Trinajstić information content (AvgIpc) is 3.85. The van der Waals surface area contributed by atoms with Crippen molar-refractivity contribution in [1.29, 1.82) is 0 Å². The quantitative estimate of drug-likeness (QED) is 0.192. The van der Waals surface area contributed by atoms with E-state index in [0.29, 0.717) is 0 Å². The molecule has 0 saturated heterocycles. The summed E-state index contributed by atoms with van der Waals surface area (Å²) < 4.78 is 13.8. The monoisotopic (exact) mass is 604 g/mol. The summed E-state index contributed by atoms with van der Waals surface area (Å²) in [4.78, 5) is 0. The molecule has 11 aromatic rings. The molecule has 0 N–H and O–H groups in total. The first-order valence-electron chi connectivity index (χ1n) is 15.6. The van der Waals surface area contributed by atoms with Crippen molar-refractivity contribution in [1.82, 2.24) is 9.13 Å². The number of furan rings is 1. The van der Waals surface area contributed by atoms with Gasteiger partial charge in [-0.2, -0.15) is 0 Å². The molecule has 0 saturated carbocycles. The van der Waals surface area contributed by atoms with Crippen molar-refractivity contribution in [3.63, 3.8) is 0 Å². The number of para-hydroxylation sites is 3. The third-order valence-electron chi connectivity index (χ3n) is 9.71. The average molecular weight is 605 g/mol. The van der Waals surface area contributed by atoms with Crippen LogP contribution in [-0.2, 0) is 0 Å². The van der Waals surface area contributed by atoms with Gasteiger partial charge in [-0.3, -0.25) is 0 Å². The fourth-order valence-corrected chi connectivity index (χ4v) is 8.87. The van der Waals surface area contributed by atoms with Crippen molar-refractivity contribution in [2.24, 2.45) is 0 Å². The molecule has 4 heterocycles. The van der Waals surface area contributed by atoms with E-state index in [2.05, 4.69) is 143 Å². The third-order valence-corrected chi connectivity index (χ3v) is 10.9. The summed E-state index contributed by atoms with van der Waals surface area (Å²) >= 11 is 1.86. The van der Waals surface area contributed by atoms with E-state index in [-0.39, 0.29) is 0 Å². The third kappa shape index (κ3) is 3.16. The Morgan fingerprint density at radius 3 is 1.65 bits per heavy atom. The van der Waals surface area contributed by atoms with Crippen molar-refractivity contribution >= 4 is 97.1 Å². The smallest absolute Gasteiger partial charge is 0.137 e. The zero-order valence-corrected chi connectivity index (χ0v) is 25.4. The Hall–Kier alpha value is -5.84. The van der Waals surface area contributed by atoms with Gasteiger partial charge in [0.1, 0.15) is 11.2 Å². The summed E-state index contributed by atoms with van der Waals surface area (Å²) in [6, 6.07) is 52.8. The highest BCUT2D eigenvalue weighted by atomic mass is 32.1. The number of hydrogen-bond acceptors (Lipinski definition) is 2. The minimum Gasteiger partial charge on any atom is -0.456 e. The van der Waals surface area contributed by atoms with E-state index in [1.807, 2.05) is 23.5 Å².